The number of rotatable bonds is 6. The Labute approximate surface area is 121 Å². The first-order valence-electron chi connectivity index (χ1n) is 5.92. The highest BCUT2D eigenvalue weighted by Crippen LogP contribution is 2.26. The Hall–Kier alpha value is -2.20. The molecular formula is C11H16N4O5S. The molecule has 0 heterocycles. The number of nitrogen functional groups attached to an aromatic ring is 1. The summed E-state index contributed by atoms with van der Waals surface area (Å²) in [6, 6.07) is 1.99. The fraction of sp³-hybridized carbons (Fsp3) is 0.364. The first-order valence-corrected chi connectivity index (χ1v) is 7.40. The summed E-state index contributed by atoms with van der Waals surface area (Å²) in [4.78, 5) is 20.8. The average molecular weight is 316 g/mol. The van der Waals surface area contributed by atoms with E-state index in [1.165, 1.54) is 6.07 Å². The summed E-state index contributed by atoms with van der Waals surface area (Å²) in [7, 11) is -4.29. The highest BCUT2D eigenvalue weighted by atomic mass is 32.2. The van der Waals surface area contributed by atoms with Crippen LogP contribution in [0.1, 0.15) is 13.8 Å². The van der Waals surface area contributed by atoms with Crippen LogP contribution in [0.2, 0.25) is 0 Å². The number of carbonyl (C=O) groups is 1. The summed E-state index contributed by atoms with van der Waals surface area (Å²) in [6.07, 6.45) is 0. The number of carbonyl (C=O) groups excluding carboxylic acids is 1. The van der Waals surface area contributed by atoms with Crippen LogP contribution in [0.3, 0.4) is 0 Å². The second-order valence-corrected chi connectivity index (χ2v) is 6.41. The van der Waals surface area contributed by atoms with Crippen LogP contribution in [0.5, 0.6) is 0 Å². The summed E-state index contributed by atoms with van der Waals surface area (Å²) >= 11 is 0. The minimum absolute atomic E-state index is 0.0518. The third-order valence-corrected chi connectivity index (χ3v) is 4.21. The number of benzene rings is 1. The van der Waals surface area contributed by atoms with E-state index in [-0.39, 0.29) is 5.69 Å². The standard InChI is InChI=1S/C11H16N4O5S/c1-6(2)10(11(13)16)14-21(19,20)9-4-3-7(12)5-8(9)15(17)18/h3-6,10,14H,12H2,1-2H3,(H2,13,16). The molecule has 0 aliphatic rings. The molecular weight excluding hydrogens is 300 g/mol. The molecule has 21 heavy (non-hydrogen) atoms. The molecule has 1 atom stereocenters. The lowest BCUT2D eigenvalue weighted by molar-refractivity contribution is -0.387. The molecule has 0 spiro atoms. The molecule has 0 fully saturated rings. The van der Waals surface area contributed by atoms with E-state index in [4.69, 9.17) is 11.5 Å². The lowest BCUT2D eigenvalue weighted by atomic mass is 10.1. The van der Waals surface area contributed by atoms with Crippen LogP contribution < -0.4 is 16.2 Å². The van der Waals surface area contributed by atoms with Gasteiger partial charge in [0.05, 0.1) is 4.92 Å². The van der Waals surface area contributed by atoms with Gasteiger partial charge in [0.1, 0.15) is 6.04 Å². The summed E-state index contributed by atoms with van der Waals surface area (Å²) in [6.45, 7) is 3.19. The third-order valence-electron chi connectivity index (χ3n) is 2.72. The number of amides is 1. The van der Waals surface area contributed by atoms with Crippen molar-refractivity contribution in [3.63, 3.8) is 0 Å². The van der Waals surface area contributed by atoms with Gasteiger partial charge in [-0.15, -0.1) is 0 Å². The summed E-state index contributed by atoms with van der Waals surface area (Å²) in [5.74, 6) is -1.28. The van der Waals surface area contributed by atoms with Crippen molar-refractivity contribution in [3.8, 4) is 0 Å². The maximum Gasteiger partial charge on any atom is 0.291 e. The van der Waals surface area contributed by atoms with Crippen molar-refractivity contribution in [2.45, 2.75) is 24.8 Å². The normalized spacial score (nSPS) is 13.1. The summed E-state index contributed by atoms with van der Waals surface area (Å²) in [5.41, 5.74) is 9.92. The predicted molar refractivity (Wildman–Crippen MR) is 75.7 cm³/mol. The molecule has 0 saturated heterocycles. The van der Waals surface area contributed by atoms with Gasteiger partial charge in [-0.25, -0.2) is 8.42 Å². The fourth-order valence-corrected chi connectivity index (χ4v) is 3.16. The molecule has 5 N–H and O–H groups in total. The molecule has 0 aliphatic heterocycles. The van der Waals surface area contributed by atoms with Crippen LogP contribution in [-0.4, -0.2) is 25.3 Å². The van der Waals surface area contributed by atoms with Gasteiger partial charge in [-0.3, -0.25) is 14.9 Å². The van der Waals surface area contributed by atoms with Gasteiger partial charge in [0.25, 0.3) is 5.69 Å². The van der Waals surface area contributed by atoms with E-state index >= 15 is 0 Å². The molecule has 116 valence electrons. The first-order chi connectivity index (χ1) is 9.56. The van der Waals surface area contributed by atoms with Crippen molar-refractivity contribution < 1.29 is 18.1 Å². The highest BCUT2D eigenvalue weighted by molar-refractivity contribution is 7.89. The molecule has 10 heteroatoms. The van der Waals surface area contributed by atoms with Gasteiger partial charge in [0.15, 0.2) is 4.90 Å². The Balaban J connectivity index is 3.32. The molecule has 0 bridgehead atoms. The number of nitro benzene ring substituents is 1. The molecule has 0 aromatic heterocycles. The lowest BCUT2D eigenvalue weighted by Crippen LogP contribution is -2.47. The number of nitrogens with two attached hydrogens (primary N) is 2. The van der Waals surface area contributed by atoms with Gasteiger partial charge in [-0.05, 0) is 18.1 Å². The van der Waals surface area contributed by atoms with E-state index in [1.54, 1.807) is 13.8 Å². The van der Waals surface area contributed by atoms with Gasteiger partial charge in [-0.1, -0.05) is 13.8 Å². The predicted octanol–water partition coefficient (Wildman–Crippen LogP) is -0.0348. The van der Waals surface area contributed by atoms with E-state index < -0.39 is 43.4 Å². The molecule has 9 nitrogen and oxygen atoms in total. The van der Waals surface area contributed by atoms with Crippen molar-refractivity contribution in [1.82, 2.24) is 4.72 Å². The third kappa shape index (κ3) is 3.89. The van der Waals surface area contributed by atoms with Crippen molar-refractivity contribution in [3.05, 3.63) is 28.3 Å². The van der Waals surface area contributed by atoms with Gasteiger partial charge in [-0.2, -0.15) is 4.72 Å². The molecule has 1 unspecified atom stereocenters. The fourth-order valence-electron chi connectivity index (χ4n) is 1.66. The Bertz CT molecular complexity index is 671. The van der Waals surface area contributed by atoms with Crippen LogP contribution in [0.4, 0.5) is 11.4 Å². The summed E-state index contributed by atoms with van der Waals surface area (Å²) in [5, 5.41) is 10.9. The first kappa shape index (κ1) is 16.9. The van der Waals surface area contributed by atoms with Crippen molar-refractivity contribution in [1.29, 1.82) is 0 Å². The van der Waals surface area contributed by atoms with Crippen LogP contribution in [0, 0.1) is 16.0 Å². The quantitative estimate of drug-likeness (QED) is 0.379. The van der Waals surface area contributed by atoms with Crippen LogP contribution in [-0.2, 0) is 14.8 Å². The van der Waals surface area contributed by atoms with Crippen molar-refractivity contribution in [2.24, 2.45) is 11.7 Å². The SMILES string of the molecule is CC(C)C(NS(=O)(=O)c1ccc(N)cc1[N+](=O)[O-])C(N)=O. The lowest BCUT2D eigenvalue weighted by Gasteiger charge is -2.18. The molecule has 0 aliphatic carbocycles. The maximum absolute atomic E-state index is 12.2. The van der Waals surface area contributed by atoms with E-state index in [9.17, 15) is 23.3 Å². The van der Waals surface area contributed by atoms with Crippen molar-refractivity contribution in [2.75, 3.05) is 5.73 Å². The van der Waals surface area contributed by atoms with E-state index in [0.717, 1.165) is 12.1 Å². The minimum atomic E-state index is -4.29. The number of hydrogen-bond donors (Lipinski definition) is 3. The topological polar surface area (TPSA) is 158 Å². The molecule has 1 aromatic rings. The van der Waals surface area contributed by atoms with Gasteiger partial charge in [0, 0.05) is 11.8 Å². The largest absolute Gasteiger partial charge is 0.399 e. The number of hydrogen-bond acceptors (Lipinski definition) is 6. The zero-order valence-electron chi connectivity index (χ0n) is 11.4. The van der Waals surface area contributed by atoms with Crippen LogP contribution in [0.25, 0.3) is 0 Å². The van der Waals surface area contributed by atoms with Crippen LogP contribution in [0.15, 0.2) is 23.1 Å². The second kappa shape index (κ2) is 6.06. The number of primary amides is 1. The van der Waals surface area contributed by atoms with Crippen LogP contribution >= 0.6 is 0 Å². The number of nitrogens with zero attached hydrogens (tertiary/aromatic N) is 1. The van der Waals surface area contributed by atoms with Gasteiger partial charge in [0.2, 0.25) is 15.9 Å². The molecule has 1 amide bonds. The second-order valence-electron chi connectivity index (χ2n) is 4.73. The molecule has 1 rings (SSSR count). The van der Waals surface area contributed by atoms with E-state index in [1.807, 2.05) is 0 Å². The molecule has 0 saturated carbocycles. The Morgan fingerprint density at radius 1 is 1.38 bits per heavy atom. The number of anilines is 1. The number of nitro groups is 1. The van der Waals surface area contributed by atoms with Gasteiger partial charge >= 0.3 is 0 Å². The zero-order valence-corrected chi connectivity index (χ0v) is 12.3. The molecule has 0 radical (unpaired) electrons. The van der Waals surface area contributed by atoms with Gasteiger partial charge < -0.3 is 11.5 Å². The maximum atomic E-state index is 12.2. The zero-order chi connectivity index (χ0) is 16.4. The Morgan fingerprint density at radius 3 is 2.38 bits per heavy atom. The monoisotopic (exact) mass is 316 g/mol. The average Bonchev–Trinajstić information content (AvgIpc) is 2.34. The number of nitrogens with one attached hydrogen (secondary N) is 1. The highest BCUT2D eigenvalue weighted by Gasteiger charge is 2.31. The van der Waals surface area contributed by atoms with E-state index in [2.05, 4.69) is 4.72 Å². The smallest absolute Gasteiger partial charge is 0.291 e. The number of sulfonamides is 1. The summed E-state index contributed by atoms with van der Waals surface area (Å²) < 4.78 is 26.5. The Morgan fingerprint density at radius 2 is 1.95 bits per heavy atom. The molecule has 1 aromatic carbocycles. The Kier molecular flexibility index (Phi) is 4.86. The van der Waals surface area contributed by atoms with Crippen molar-refractivity contribution >= 4 is 27.3 Å². The van der Waals surface area contributed by atoms with E-state index in [0.29, 0.717) is 0 Å². The minimum Gasteiger partial charge on any atom is -0.399 e.